The normalized spacial score (nSPS) is 14.3. The van der Waals surface area contributed by atoms with Gasteiger partial charge in [0.25, 0.3) is 11.1 Å². The number of carbonyl (C=O) groups excluding carboxylic acids is 3. The molecule has 5 rings (SSSR count). The zero-order chi connectivity index (χ0) is 27.5. The highest BCUT2D eigenvalue weighted by Crippen LogP contribution is 2.38. The molecule has 6 nitrogen and oxygen atoms in total. The summed E-state index contributed by atoms with van der Waals surface area (Å²) in [6.07, 6.45) is 1.47. The fraction of sp³-hybridized carbons (Fsp3) is 0.0690. The molecule has 196 valence electrons. The highest BCUT2D eigenvalue weighted by Gasteiger charge is 2.36. The average Bonchev–Trinajstić information content (AvgIpc) is 3.15. The molecule has 0 aromatic heterocycles. The highest BCUT2D eigenvalue weighted by atomic mass is 35.5. The van der Waals surface area contributed by atoms with E-state index in [1.807, 2.05) is 42.5 Å². The van der Waals surface area contributed by atoms with Gasteiger partial charge in [0.05, 0.1) is 15.0 Å². The van der Waals surface area contributed by atoms with Crippen molar-refractivity contribution in [2.24, 2.45) is 0 Å². The Kier molecular flexibility index (Phi) is 7.88. The minimum atomic E-state index is -0.636. The topological polar surface area (TPSA) is 75.7 Å². The summed E-state index contributed by atoms with van der Waals surface area (Å²) in [7, 11) is 0. The zero-order valence-electron chi connectivity index (χ0n) is 20.1. The van der Waals surface area contributed by atoms with E-state index in [1.165, 1.54) is 24.3 Å². The Balaban J connectivity index is 1.28. The second-order valence-corrected chi connectivity index (χ2v) is 10.4. The van der Waals surface area contributed by atoms with Gasteiger partial charge < -0.3 is 10.1 Å². The van der Waals surface area contributed by atoms with Crippen LogP contribution < -0.4 is 10.1 Å². The van der Waals surface area contributed by atoms with E-state index in [9.17, 15) is 18.8 Å². The third kappa shape index (κ3) is 6.09. The zero-order valence-corrected chi connectivity index (χ0v) is 22.4. The number of benzene rings is 4. The lowest BCUT2D eigenvalue weighted by molar-refractivity contribution is -0.127. The Morgan fingerprint density at radius 3 is 2.46 bits per heavy atom. The molecule has 0 saturated carbocycles. The minimum absolute atomic E-state index is 0.107. The van der Waals surface area contributed by atoms with Gasteiger partial charge in [-0.3, -0.25) is 19.3 Å². The second-order valence-electron chi connectivity index (χ2n) is 8.57. The number of carbonyl (C=O) groups is 3. The van der Waals surface area contributed by atoms with E-state index in [4.69, 9.17) is 27.9 Å². The molecule has 1 fully saturated rings. The summed E-state index contributed by atoms with van der Waals surface area (Å²) in [4.78, 5) is 38.6. The number of imide groups is 1. The predicted octanol–water partition coefficient (Wildman–Crippen LogP) is 7.54. The summed E-state index contributed by atoms with van der Waals surface area (Å²) in [5, 5.41) is 4.49. The van der Waals surface area contributed by atoms with E-state index in [1.54, 1.807) is 12.1 Å². The first-order chi connectivity index (χ1) is 18.8. The van der Waals surface area contributed by atoms with E-state index < -0.39 is 29.4 Å². The van der Waals surface area contributed by atoms with Crippen LogP contribution in [0.4, 0.5) is 14.9 Å². The first-order valence-corrected chi connectivity index (χ1v) is 13.2. The van der Waals surface area contributed by atoms with Gasteiger partial charge in [0, 0.05) is 5.69 Å². The third-order valence-corrected chi connectivity index (χ3v) is 7.32. The molecule has 0 unspecified atom stereocenters. The van der Waals surface area contributed by atoms with Crippen LogP contribution >= 0.6 is 35.0 Å². The summed E-state index contributed by atoms with van der Waals surface area (Å²) >= 11 is 13.6. The third-order valence-electron chi connectivity index (χ3n) is 5.85. The quantitative estimate of drug-likeness (QED) is 0.228. The van der Waals surface area contributed by atoms with Gasteiger partial charge in [-0.15, -0.1) is 0 Å². The van der Waals surface area contributed by atoms with Crippen molar-refractivity contribution in [2.75, 3.05) is 11.9 Å². The monoisotopic (exact) mass is 580 g/mol. The van der Waals surface area contributed by atoms with Gasteiger partial charge in [0.1, 0.15) is 19.0 Å². The standard InChI is InChI=1S/C29H19Cl2FN2O4S/c30-23-11-17(12-24(31)27(23)38-16-19-7-3-6-18-5-1-2-10-22(18)19)13-25-28(36)34(29(37)39-25)15-26(35)33-21-9-4-8-20(32)14-21/h1-14H,15-16H2,(H,33,35)/b25-13+. The molecule has 1 aliphatic rings. The van der Waals surface area contributed by atoms with Gasteiger partial charge in [-0.1, -0.05) is 71.7 Å². The van der Waals surface area contributed by atoms with Gasteiger partial charge in [-0.05, 0) is 70.1 Å². The van der Waals surface area contributed by atoms with Crippen molar-refractivity contribution in [2.45, 2.75) is 6.61 Å². The predicted molar refractivity (Wildman–Crippen MR) is 152 cm³/mol. The lowest BCUT2D eigenvalue weighted by Crippen LogP contribution is -2.36. The van der Waals surface area contributed by atoms with Crippen LogP contribution in [0.3, 0.4) is 0 Å². The molecule has 4 aromatic rings. The molecule has 0 bridgehead atoms. The summed E-state index contributed by atoms with van der Waals surface area (Å²) in [6, 6.07) is 22.4. The molecule has 0 radical (unpaired) electrons. The van der Waals surface area contributed by atoms with Crippen LogP contribution in [0.25, 0.3) is 16.8 Å². The van der Waals surface area contributed by atoms with Gasteiger partial charge in [-0.2, -0.15) is 0 Å². The van der Waals surface area contributed by atoms with Crippen LogP contribution in [0.5, 0.6) is 5.75 Å². The fourth-order valence-electron chi connectivity index (χ4n) is 4.07. The van der Waals surface area contributed by atoms with Crippen molar-refractivity contribution in [1.82, 2.24) is 4.90 Å². The van der Waals surface area contributed by atoms with Gasteiger partial charge in [0.2, 0.25) is 5.91 Å². The average molecular weight is 581 g/mol. The Hall–Kier alpha value is -3.85. The smallest absolute Gasteiger partial charge is 0.294 e. The number of hydrogen-bond acceptors (Lipinski definition) is 5. The molecule has 0 aliphatic carbocycles. The Morgan fingerprint density at radius 1 is 0.974 bits per heavy atom. The van der Waals surface area contributed by atoms with Crippen LogP contribution in [-0.2, 0) is 16.2 Å². The SMILES string of the molecule is O=C(CN1C(=O)S/C(=C/c2cc(Cl)c(OCc3cccc4ccccc34)c(Cl)c2)C1=O)Nc1cccc(F)c1. The van der Waals surface area contributed by atoms with E-state index in [-0.39, 0.29) is 27.2 Å². The van der Waals surface area contributed by atoms with Crippen molar-refractivity contribution >= 4 is 74.6 Å². The summed E-state index contributed by atoms with van der Waals surface area (Å²) in [6.45, 7) is -0.266. The van der Waals surface area contributed by atoms with Crippen LogP contribution in [0, 0.1) is 5.82 Å². The maximum atomic E-state index is 13.4. The molecule has 0 atom stereocenters. The Labute approximate surface area is 237 Å². The maximum absolute atomic E-state index is 13.4. The molecule has 0 spiro atoms. The number of amides is 3. The van der Waals surface area contributed by atoms with Crippen molar-refractivity contribution < 1.29 is 23.5 Å². The first-order valence-electron chi connectivity index (χ1n) is 11.7. The lowest BCUT2D eigenvalue weighted by Gasteiger charge is -2.13. The van der Waals surface area contributed by atoms with E-state index in [0.29, 0.717) is 23.1 Å². The first kappa shape index (κ1) is 26.7. The van der Waals surface area contributed by atoms with Crippen molar-refractivity contribution in [3.8, 4) is 5.75 Å². The number of ether oxygens (including phenoxy) is 1. The Bertz CT molecular complexity index is 1630. The number of rotatable bonds is 7. The van der Waals surface area contributed by atoms with Crippen LogP contribution in [0.1, 0.15) is 11.1 Å². The molecular weight excluding hydrogens is 562 g/mol. The van der Waals surface area contributed by atoms with E-state index in [2.05, 4.69) is 5.32 Å². The molecule has 10 heteroatoms. The van der Waals surface area contributed by atoms with Crippen molar-refractivity contribution in [3.05, 3.63) is 111 Å². The van der Waals surface area contributed by atoms with E-state index in [0.717, 1.165) is 27.3 Å². The summed E-state index contributed by atoms with van der Waals surface area (Å²) < 4.78 is 19.3. The molecular formula is C29H19Cl2FN2O4S. The number of anilines is 1. The van der Waals surface area contributed by atoms with Crippen LogP contribution in [-0.4, -0.2) is 28.5 Å². The number of nitrogens with zero attached hydrogens (tertiary/aromatic N) is 1. The fourth-order valence-corrected chi connectivity index (χ4v) is 5.52. The molecule has 3 amide bonds. The highest BCUT2D eigenvalue weighted by molar-refractivity contribution is 8.18. The molecule has 39 heavy (non-hydrogen) atoms. The van der Waals surface area contributed by atoms with Gasteiger partial charge >= 0.3 is 0 Å². The molecule has 1 N–H and O–H groups in total. The van der Waals surface area contributed by atoms with Crippen LogP contribution in [0.2, 0.25) is 10.0 Å². The molecule has 1 heterocycles. The van der Waals surface area contributed by atoms with Gasteiger partial charge in [0.15, 0.2) is 5.75 Å². The van der Waals surface area contributed by atoms with Crippen molar-refractivity contribution in [1.29, 1.82) is 0 Å². The summed E-state index contributed by atoms with van der Waals surface area (Å²) in [5.74, 6) is -1.50. The van der Waals surface area contributed by atoms with Gasteiger partial charge in [-0.25, -0.2) is 4.39 Å². The van der Waals surface area contributed by atoms with E-state index >= 15 is 0 Å². The van der Waals surface area contributed by atoms with Crippen molar-refractivity contribution in [3.63, 3.8) is 0 Å². The maximum Gasteiger partial charge on any atom is 0.294 e. The number of halogens is 3. The number of fused-ring (bicyclic) bond motifs is 1. The number of thioether (sulfide) groups is 1. The number of nitrogens with one attached hydrogen (secondary N) is 1. The lowest BCUT2D eigenvalue weighted by atomic mass is 10.1. The summed E-state index contributed by atoms with van der Waals surface area (Å²) in [5.41, 5.74) is 1.67. The molecule has 1 aliphatic heterocycles. The molecule has 4 aromatic carbocycles. The second kappa shape index (κ2) is 11.5. The molecule has 1 saturated heterocycles. The number of hydrogen-bond donors (Lipinski definition) is 1. The Morgan fingerprint density at radius 2 is 1.69 bits per heavy atom. The largest absolute Gasteiger partial charge is 0.486 e. The minimum Gasteiger partial charge on any atom is -0.486 e. The van der Waals surface area contributed by atoms with Crippen LogP contribution in [0.15, 0.2) is 83.8 Å².